The molecule has 17 heavy (non-hydrogen) atoms. The third-order valence-electron chi connectivity index (χ3n) is 3.81. The highest BCUT2D eigenvalue weighted by Gasteiger charge is 2.31. The fourth-order valence-corrected chi connectivity index (χ4v) is 2.53. The van der Waals surface area contributed by atoms with Crippen LogP contribution in [0.4, 0.5) is 0 Å². The molecule has 2 heterocycles. The summed E-state index contributed by atoms with van der Waals surface area (Å²) >= 11 is 0. The molecule has 0 amide bonds. The Morgan fingerprint density at radius 1 is 1.53 bits per heavy atom. The van der Waals surface area contributed by atoms with Crippen molar-refractivity contribution < 1.29 is 4.42 Å². The molecule has 0 aromatic carbocycles. The first-order valence-electron chi connectivity index (χ1n) is 6.65. The van der Waals surface area contributed by atoms with Crippen LogP contribution >= 0.6 is 0 Å². The van der Waals surface area contributed by atoms with Crippen molar-refractivity contribution in [2.45, 2.75) is 39.2 Å². The third-order valence-corrected chi connectivity index (χ3v) is 3.81. The highest BCUT2D eigenvalue weighted by molar-refractivity contribution is 4.98. The van der Waals surface area contributed by atoms with Gasteiger partial charge in [0.05, 0.1) is 6.26 Å². The first kappa shape index (κ1) is 12.7. The van der Waals surface area contributed by atoms with Crippen molar-refractivity contribution in [3.05, 3.63) is 24.2 Å². The molecule has 1 aliphatic rings. The predicted octanol–water partition coefficient (Wildman–Crippen LogP) is 2.19. The Morgan fingerprint density at radius 2 is 2.41 bits per heavy atom. The molecule has 1 aromatic rings. The van der Waals surface area contributed by atoms with E-state index in [0.717, 1.165) is 31.8 Å². The molecule has 1 aliphatic heterocycles. The van der Waals surface area contributed by atoms with Gasteiger partial charge in [-0.05, 0) is 36.9 Å². The Bertz CT molecular complexity index is 319. The molecule has 0 aliphatic carbocycles. The van der Waals surface area contributed by atoms with E-state index >= 15 is 0 Å². The minimum absolute atomic E-state index is 0.413. The van der Waals surface area contributed by atoms with Crippen molar-refractivity contribution in [3.8, 4) is 0 Å². The highest BCUT2D eigenvalue weighted by atomic mass is 16.3. The molecule has 96 valence electrons. The van der Waals surface area contributed by atoms with Crippen molar-refractivity contribution >= 4 is 0 Å². The van der Waals surface area contributed by atoms with Crippen LogP contribution in [-0.4, -0.2) is 25.7 Å². The number of hydrogen-bond donors (Lipinski definition) is 2. The van der Waals surface area contributed by atoms with Crippen LogP contribution in [0.3, 0.4) is 0 Å². The summed E-state index contributed by atoms with van der Waals surface area (Å²) in [5, 5.41) is 7.14. The molecule has 1 unspecified atom stereocenters. The van der Waals surface area contributed by atoms with Crippen molar-refractivity contribution in [3.63, 3.8) is 0 Å². The second kappa shape index (κ2) is 5.69. The van der Waals surface area contributed by atoms with Gasteiger partial charge in [-0.2, -0.15) is 0 Å². The average molecular weight is 236 g/mol. The zero-order valence-electron chi connectivity index (χ0n) is 11.0. The van der Waals surface area contributed by atoms with Gasteiger partial charge < -0.3 is 15.1 Å². The number of rotatable bonds is 5. The summed E-state index contributed by atoms with van der Waals surface area (Å²) in [5.41, 5.74) is 0.413. The minimum atomic E-state index is 0.413. The lowest BCUT2D eigenvalue weighted by atomic mass is 9.77. The Hall–Kier alpha value is -0.800. The second-order valence-electron chi connectivity index (χ2n) is 5.63. The van der Waals surface area contributed by atoms with E-state index in [1.54, 1.807) is 6.26 Å². The molecule has 0 radical (unpaired) electrons. The molecular formula is C14H24N2O. The van der Waals surface area contributed by atoms with Crippen molar-refractivity contribution in [2.24, 2.45) is 5.41 Å². The van der Waals surface area contributed by atoms with Gasteiger partial charge in [0.25, 0.3) is 0 Å². The third kappa shape index (κ3) is 3.58. The van der Waals surface area contributed by atoms with Gasteiger partial charge in [0.2, 0.25) is 0 Å². The molecule has 1 saturated heterocycles. The van der Waals surface area contributed by atoms with E-state index in [-0.39, 0.29) is 0 Å². The van der Waals surface area contributed by atoms with E-state index in [2.05, 4.69) is 24.5 Å². The van der Waals surface area contributed by atoms with Gasteiger partial charge in [-0.15, -0.1) is 0 Å². The van der Waals surface area contributed by atoms with Crippen LogP contribution in [0.15, 0.2) is 22.8 Å². The summed E-state index contributed by atoms with van der Waals surface area (Å²) in [6, 6.07) is 4.57. The van der Waals surface area contributed by atoms with Gasteiger partial charge in [-0.3, -0.25) is 0 Å². The number of nitrogens with one attached hydrogen (secondary N) is 2. The lowest BCUT2D eigenvalue weighted by Gasteiger charge is -2.39. The maximum absolute atomic E-state index is 5.31. The summed E-state index contributed by atoms with van der Waals surface area (Å²) in [6.07, 6.45) is 5.34. The molecule has 1 fully saturated rings. The summed E-state index contributed by atoms with van der Waals surface area (Å²) < 4.78 is 5.31. The fourth-order valence-electron chi connectivity index (χ4n) is 2.53. The van der Waals surface area contributed by atoms with E-state index < -0.39 is 0 Å². The standard InChI is InChI=1S/C14H24N2O/c1-14(2)7-4-8-16-13(14)11-15-9-6-12-5-3-10-17-12/h3,5,10,13,15-16H,4,6-9,11H2,1-2H3. The van der Waals surface area contributed by atoms with Crippen molar-refractivity contribution in [2.75, 3.05) is 19.6 Å². The molecular weight excluding hydrogens is 212 g/mol. The van der Waals surface area contributed by atoms with E-state index in [0.29, 0.717) is 11.5 Å². The van der Waals surface area contributed by atoms with Crippen LogP contribution in [0.2, 0.25) is 0 Å². The fraction of sp³-hybridized carbons (Fsp3) is 0.714. The maximum Gasteiger partial charge on any atom is 0.105 e. The SMILES string of the molecule is CC1(C)CCCNC1CNCCc1ccco1. The van der Waals surface area contributed by atoms with Gasteiger partial charge in [0.15, 0.2) is 0 Å². The Balaban J connectivity index is 1.67. The summed E-state index contributed by atoms with van der Waals surface area (Å²) in [7, 11) is 0. The normalized spacial score (nSPS) is 23.8. The molecule has 1 atom stereocenters. The molecule has 0 bridgehead atoms. The van der Waals surface area contributed by atoms with E-state index in [1.807, 2.05) is 12.1 Å². The Morgan fingerprint density at radius 3 is 3.12 bits per heavy atom. The van der Waals surface area contributed by atoms with E-state index in [1.165, 1.54) is 12.8 Å². The number of furan rings is 1. The monoisotopic (exact) mass is 236 g/mol. The quantitative estimate of drug-likeness (QED) is 0.770. The van der Waals surface area contributed by atoms with Crippen LogP contribution < -0.4 is 10.6 Å². The molecule has 2 N–H and O–H groups in total. The molecule has 3 heteroatoms. The number of piperidine rings is 1. The molecule has 0 spiro atoms. The van der Waals surface area contributed by atoms with Gasteiger partial charge in [0, 0.05) is 25.6 Å². The number of hydrogen-bond acceptors (Lipinski definition) is 3. The summed E-state index contributed by atoms with van der Waals surface area (Å²) in [6.45, 7) is 7.92. The van der Waals surface area contributed by atoms with E-state index in [4.69, 9.17) is 4.42 Å². The van der Waals surface area contributed by atoms with Crippen LogP contribution in [-0.2, 0) is 6.42 Å². The van der Waals surface area contributed by atoms with Crippen molar-refractivity contribution in [1.82, 2.24) is 10.6 Å². The second-order valence-corrected chi connectivity index (χ2v) is 5.63. The Kier molecular flexibility index (Phi) is 4.24. The summed E-state index contributed by atoms with van der Waals surface area (Å²) in [5.74, 6) is 1.06. The molecule has 0 saturated carbocycles. The first-order valence-corrected chi connectivity index (χ1v) is 6.65. The van der Waals surface area contributed by atoms with Crippen LogP contribution in [0, 0.1) is 5.41 Å². The maximum atomic E-state index is 5.31. The smallest absolute Gasteiger partial charge is 0.105 e. The van der Waals surface area contributed by atoms with Crippen LogP contribution in [0.5, 0.6) is 0 Å². The van der Waals surface area contributed by atoms with Crippen LogP contribution in [0.25, 0.3) is 0 Å². The van der Waals surface area contributed by atoms with Gasteiger partial charge in [-0.1, -0.05) is 13.8 Å². The minimum Gasteiger partial charge on any atom is -0.469 e. The Labute approximate surface area is 104 Å². The first-order chi connectivity index (χ1) is 8.18. The van der Waals surface area contributed by atoms with Gasteiger partial charge >= 0.3 is 0 Å². The largest absolute Gasteiger partial charge is 0.469 e. The molecule has 3 nitrogen and oxygen atoms in total. The van der Waals surface area contributed by atoms with Crippen molar-refractivity contribution in [1.29, 1.82) is 0 Å². The average Bonchev–Trinajstić information content (AvgIpc) is 2.79. The lowest BCUT2D eigenvalue weighted by Crippen LogP contribution is -2.52. The van der Waals surface area contributed by atoms with Gasteiger partial charge in [0.1, 0.15) is 5.76 Å². The van der Waals surface area contributed by atoms with Crippen LogP contribution in [0.1, 0.15) is 32.4 Å². The topological polar surface area (TPSA) is 37.2 Å². The van der Waals surface area contributed by atoms with Gasteiger partial charge in [-0.25, -0.2) is 0 Å². The predicted molar refractivity (Wildman–Crippen MR) is 70.1 cm³/mol. The molecule has 1 aromatic heterocycles. The zero-order chi connectivity index (χ0) is 12.1. The zero-order valence-corrected chi connectivity index (χ0v) is 11.0. The molecule has 2 rings (SSSR count). The lowest BCUT2D eigenvalue weighted by molar-refractivity contribution is 0.176. The van der Waals surface area contributed by atoms with E-state index in [9.17, 15) is 0 Å². The summed E-state index contributed by atoms with van der Waals surface area (Å²) in [4.78, 5) is 0. The highest BCUT2D eigenvalue weighted by Crippen LogP contribution is 2.29.